The van der Waals surface area contributed by atoms with Crippen LogP contribution in [-0.2, 0) is 18.9 Å². The van der Waals surface area contributed by atoms with Gasteiger partial charge in [0.2, 0.25) is 0 Å². The molecular formula is C24H26N4OS2. The van der Waals surface area contributed by atoms with Gasteiger partial charge in [-0.25, -0.2) is 4.98 Å². The van der Waals surface area contributed by atoms with Crippen LogP contribution in [0.1, 0.15) is 35.1 Å². The summed E-state index contributed by atoms with van der Waals surface area (Å²) in [6.07, 6.45) is 0. The van der Waals surface area contributed by atoms with Crippen molar-refractivity contribution in [1.29, 1.82) is 0 Å². The molecule has 5 nitrogen and oxygen atoms in total. The monoisotopic (exact) mass is 450 g/mol. The number of benzene rings is 2. The zero-order valence-electron chi connectivity index (χ0n) is 18.3. The lowest BCUT2D eigenvalue weighted by molar-refractivity contribution is 0.286. The Morgan fingerprint density at radius 1 is 1.03 bits per heavy atom. The smallest absolute Gasteiger partial charge is 0.191 e. The fraction of sp³-hybridized carbons (Fsp3) is 0.292. The second kappa shape index (κ2) is 9.66. The third-order valence-corrected chi connectivity index (χ3v) is 7.16. The Morgan fingerprint density at radius 2 is 1.84 bits per heavy atom. The zero-order chi connectivity index (χ0) is 21.8. The number of rotatable bonds is 8. The van der Waals surface area contributed by atoms with Crippen LogP contribution in [0.4, 0.5) is 0 Å². The molecule has 0 aliphatic rings. The number of hydrogen-bond acceptors (Lipinski definition) is 6. The Bertz CT molecular complexity index is 1160. The number of ether oxygens (including phenoxy) is 1. The van der Waals surface area contributed by atoms with Crippen LogP contribution in [0.15, 0.2) is 53.0 Å². The highest BCUT2D eigenvalue weighted by atomic mass is 32.2. The second-order valence-electron chi connectivity index (χ2n) is 7.43. The van der Waals surface area contributed by atoms with Crippen molar-refractivity contribution in [2.75, 3.05) is 0 Å². The lowest BCUT2D eigenvalue weighted by Crippen LogP contribution is -2.07. The number of thiazole rings is 1. The highest BCUT2D eigenvalue weighted by Crippen LogP contribution is 2.28. The summed E-state index contributed by atoms with van der Waals surface area (Å²) in [5, 5.41) is 12.8. The molecule has 4 aromatic rings. The van der Waals surface area contributed by atoms with Gasteiger partial charge < -0.3 is 9.30 Å². The largest absolute Gasteiger partial charge is 0.485 e. The van der Waals surface area contributed by atoms with Gasteiger partial charge in [0.1, 0.15) is 17.4 Å². The molecule has 0 aliphatic carbocycles. The van der Waals surface area contributed by atoms with Crippen LogP contribution < -0.4 is 4.74 Å². The van der Waals surface area contributed by atoms with Gasteiger partial charge in [-0.05, 0) is 44.9 Å². The molecule has 0 atom stereocenters. The first-order chi connectivity index (χ1) is 15.0. The Labute approximate surface area is 191 Å². The fourth-order valence-corrected chi connectivity index (χ4v) is 5.06. The molecule has 0 saturated carbocycles. The van der Waals surface area contributed by atoms with Crippen molar-refractivity contribution >= 4 is 23.1 Å². The van der Waals surface area contributed by atoms with Crippen molar-refractivity contribution in [3.63, 3.8) is 0 Å². The Kier molecular flexibility index (Phi) is 6.73. The van der Waals surface area contributed by atoms with Crippen LogP contribution in [-0.4, -0.2) is 19.7 Å². The molecule has 0 bridgehead atoms. The first-order valence-electron chi connectivity index (χ1n) is 10.3. The van der Waals surface area contributed by atoms with E-state index in [1.165, 1.54) is 11.1 Å². The number of hydrogen-bond donors (Lipinski definition) is 0. The molecule has 0 spiro atoms. The maximum absolute atomic E-state index is 6.04. The van der Waals surface area contributed by atoms with Gasteiger partial charge in [-0.1, -0.05) is 53.7 Å². The molecule has 4 rings (SSSR count). The van der Waals surface area contributed by atoms with E-state index in [1.807, 2.05) is 12.1 Å². The molecule has 0 fully saturated rings. The van der Waals surface area contributed by atoms with Gasteiger partial charge in [0.25, 0.3) is 0 Å². The predicted octanol–water partition coefficient (Wildman–Crippen LogP) is 6.22. The van der Waals surface area contributed by atoms with Crippen molar-refractivity contribution in [2.24, 2.45) is 0 Å². The van der Waals surface area contributed by atoms with E-state index in [2.05, 4.69) is 78.2 Å². The molecule has 0 amide bonds. The van der Waals surface area contributed by atoms with Crippen LogP contribution in [0.25, 0.3) is 10.6 Å². The van der Waals surface area contributed by atoms with E-state index >= 15 is 0 Å². The van der Waals surface area contributed by atoms with Gasteiger partial charge in [-0.15, -0.1) is 21.5 Å². The van der Waals surface area contributed by atoms with Crippen molar-refractivity contribution in [1.82, 2.24) is 19.7 Å². The molecule has 2 aromatic carbocycles. The van der Waals surface area contributed by atoms with Crippen LogP contribution in [0.5, 0.6) is 5.75 Å². The average molecular weight is 451 g/mol. The SMILES string of the molecule is CCn1c(COc2cccc(C)c2C)nnc1SCc1csc(-c2ccc(C)cc2)n1. The first kappa shape index (κ1) is 21.6. The average Bonchev–Trinajstić information content (AvgIpc) is 3.40. The molecule has 0 radical (unpaired) electrons. The van der Waals surface area contributed by atoms with Crippen molar-refractivity contribution in [3.05, 3.63) is 76.1 Å². The lowest BCUT2D eigenvalue weighted by Gasteiger charge is -2.11. The first-order valence-corrected chi connectivity index (χ1v) is 12.2. The van der Waals surface area contributed by atoms with E-state index in [9.17, 15) is 0 Å². The highest BCUT2D eigenvalue weighted by molar-refractivity contribution is 7.98. The molecule has 160 valence electrons. The summed E-state index contributed by atoms with van der Waals surface area (Å²) in [5.74, 6) is 2.49. The summed E-state index contributed by atoms with van der Waals surface area (Å²) in [6.45, 7) is 9.57. The summed E-state index contributed by atoms with van der Waals surface area (Å²) < 4.78 is 8.15. The molecule has 0 aliphatic heterocycles. The van der Waals surface area contributed by atoms with Gasteiger partial charge in [-0.3, -0.25) is 0 Å². The van der Waals surface area contributed by atoms with Crippen LogP contribution in [0.2, 0.25) is 0 Å². The summed E-state index contributed by atoms with van der Waals surface area (Å²) in [5.41, 5.74) is 5.86. The molecule has 0 N–H and O–H groups in total. The van der Waals surface area contributed by atoms with E-state index < -0.39 is 0 Å². The third kappa shape index (κ3) is 4.99. The van der Waals surface area contributed by atoms with Crippen molar-refractivity contribution in [3.8, 4) is 16.3 Å². The molecule has 0 saturated heterocycles. The predicted molar refractivity (Wildman–Crippen MR) is 128 cm³/mol. The quantitative estimate of drug-likeness (QED) is 0.298. The maximum Gasteiger partial charge on any atom is 0.191 e. The van der Waals surface area contributed by atoms with E-state index in [1.54, 1.807) is 23.1 Å². The van der Waals surface area contributed by atoms with E-state index in [0.717, 1.165) is 50.9 Å². The Balaban J connectivity index is 1.41. The maximum atomic E-state index is 6.04. The van der Waals surface area contributed by atoms with Crippen molar-refractivity contribution < 1.29 is 4.74 Å². The highest BCUT2D eigenvalue weighted by Gasteiger charge is 2.14. The van der Waals surface area contributed by atoms with E-state index in [0.29, 0.717) is 6.61 Å². The molecule has 0 unspecified atom stereocenters. The second-order valence-corrected chi connectivity index (χ2v) is 9.23. The molecule has 2 aromatic heterocycles. The van der Waals surface area contributed by atoms with Gasteiger partial charge in [0, 0.05) is 23.2 Å². The van der Waals surface area contributed by atoms with E-state index in [4.69, 9.17) is 9.72 Å². The summed E-state index contributed by atoms with van der Waals surface area (Å²) >= 11 is 3.34. The van der Waals surface area contributed by atoms with Crippen molar-refractivity contribution in [2.45, 2.75) is 51.8 Å². The third-order valence-electron chi connectivity index (χ3n) is 5.22. The summed E-state index contributed by atoms with van der Waals surface area (Å²) in [7, 11) is 0. The standard InChI is InChI=1S/C24H26N4OS2/c1-5-28-22(13-29-21-8-6-7-17(3)18(21)4)26-27-24(28)31-15-20-14-30-23(25-20)19-11-9-16(2)10-12-19/h6-12,14H,5,13,15H2,1-4H3. The number of nitrogens with zero attached hydrogens (tertiary/aromatic N) is 4. The molecule has 2 heterocycles. The molecule has 7 heteroatoms. The van der Waals surface area contributed by atoms with Gasteiger partial charge in [-0.2, -0.15) is 0 Å². The normalized spacial score (nSPS) is 11.1. The van der Waals surface area contributed by atoms with Gasteiger partial charge >= 0.3 is 0 Å². The van der Waals surface area contributed by atoms with E-state index in [-0.39, 0.29) is 0 Å². The topological polar surface area (TPSA) is 52.8 Å². The number of aromatic nitrogens is 4. The Hall–Kier alpha value is -2.64. The van der Waals surface area contributed by atoms with Gasteiger partial charge in [0.05, 0.1) is 5.69 Å². The zero-order valence-corrected chi connectivity index (χ0v) is 19.9. The van der Waals surface area contributed by atoms with Crippen LogP contribution in [0, 0.1) is 20.8 Å². The Morgan fingerprint density at radius 3 is 2.61 bits per heavy atom. The fourth-order valence-electron chi connectivity index (χ4n) is 3.21. The molecule has 31 heavy (non-hydrogen) atoms. The van der Waals surface area contributed by atoms with Crippen LogP contribution >= 0.6 is 23.1 Å². The minimum atomic E-state index is 0.403. The summed E-state index contributed by atoms with van der Waals surface area (Å²) in [4.78, 5) is 4.80. The lowest BCUT2D eigenvalue weighted by atomic mass is 10.1. The molecular weight excluding hydrogens is 424 g/mol. The number of thioether (sulfide) groups is 1. The summed E-state index contributed by atoms with van der Waals surface area (Å²) in [6, 6.07) is 14.6. The minimum Gasteiger partial charge on any atom is -0.485 e. The minimum absolute atomic E-state index is 0.403. The number of aryl methyl sites for hydroxylation is 2. The van der Waals surface area contributed by atoms with Crippen LogP contribution in [0.3, 0.4) is 0 Å². The van der Waals surface area contributed by atoms with Gasteiger partial charge in [0.15, 0.2) is 11.0 Å².